The number of hydrogen-bond donors (Lipinski definition) is 1. The molecule has 1 saturated heterocycles. The zero-order chi connectivity index (χ0) is 20.1. The lowest BCUT2D eigenvalue weighted by Crippen LogP contribution is -2.20. The van der Waals surface area contributed by atoms with E-state index in [4.69, 9.17) is 0 Å². The van der Waals surface area contributed by atoms with Crippen molar-refractivity contribution in [2.45, 2.75) is 37.2 Å². The predicted molar refractivity (Wildman–Crippen MR) is 112 cm³/mol. The van der Waals surface area contributed by atoms with Gasteiger partial charge in [-0.25, -0.2) is 8.42 Å². The Bertz CT molecular complexity index is 895. The molecular formula is C20H25ClF2N2O3S. The average Bonchev–Trinajstić information content (AvgIpc) is 3.11. The number of rotatable bonds is 8. The third-order valence-electron chi connectivity index (χ3n) is 4.79. The van der Waals surface area contributed by atoms with Crippen LogP contribution in [0.3, 0.4) is 0 Å². The summed E-state index contributed by atoms with van der Waals surface area (Å²) < 4.78 is 56.5. The van der Waals surface area contributed by atoms with E-state index in [-0.39, 0.29) is 23.1 Å². The normalized spacial score (nSPS) is 17.2. The fourth-order valence-electron chi connectivity index (χ4n) is 3.48. The van der Waals surface area contributed by atoms with E-state index in [9.17, 15) is 17.2 Å². The molecule has 2 aromatic rings. The van der Waals surface area contributed by atoms with E-state index in [1.165, 1.54) is 23.8 Å². The minimum absolute atomic E-state index is 0. The van der Waals surface area contributed by atoms with E-state index in [2.05, 4.69) is 21.3 Å². The van der Waals surface area contributed by atoms with E-state index >= 15 is 0 Å². The number of alkyl halides is 2. The van der Waals surface area contributed by atoms with Crippen LogP contribution in [0.15, 0.2) is 53.4 Å². The zero-order valence-electron chi connectivity index (χ0n) is 16.1. The van der Waals surface area contributed by atoms with Gasteiger partial charge in [-0.15, -0.1) is 12.4 Å². The Kier molecular flexibility index (Phi) is 8.24. The van der Waals surface area contributed by atoms with E-state index in [0.29, 0.717) is 11.6 Å². The van der Waals surface area contributed by atoms with Crippen molar-refractivity contribution >= 4 is 28.1 Å². The van der Waals surface area contributed by atoms with Gasteiger partial charge in [-0.2, -0.15) is 8.78 Å². The van der Waals surface area contributed by atoms with Crippen molar-refractivity contribution in [1.29, 1.82) is 0 Å². The average molecular weight is 447 g/mol. The molecule has 160 valence electrons. The highest BCUT2D eigenvalue weighted by molar-refractivity contribution is 7.92. The molecule has 1 unspecified atom stereocenters. The first-order valence-electron chi connectivity index (χ1n) is 9.27. The van der Waals surface area contributed by atoms with Gasteiger partial charge in [0.15, 0.2) is 0 Å². The molecule has 0 radical (unpaired) electrons. The molecule has 1 aliphatic heterocycles. The van der Waals surface area contributed by atoms with E-state index in [1.807, 2.05) is 12.1 Å². The summed E-state index contributed by atoms with van der Waals surface area (Å²) in [6.07, 6.45) is 2.24. The Labute approximate surface area is 176 Å². The molecular weight excluding hydrogens is 422 g/mol. The lowest BCUT2D eigenvalue weighted by atomic mass is 9.98. The number of sulfonamides is 1. The molecule has 0 aromatic heterocycles. The maximum atomic E-state index is 12.5. The van der Waals surface area contributed by atoms with Gasteiger partial charge >= 0.3 is 6.61 Å². The second-order valence-electron chi connectivity index (χ2n) is 6.87. The smallest absolute Gasteiger partial charge is 0.387 e. The van der Waals surface area contributed by atoms with Gasteiger partial charge in [0.05, 0.1) is 4.90 Å². The summed E-state index contributed by atoms with van der Waals surface area (Å²) in [6, 6.07) is 12.4. The summed E-state index contributed by atoms with van der Waals surface area (Å²) in [7, 11) is -3.90. The first kappa shape index (κ1) is 23.4. The molecule has 0 spiro atoms. The Balaban J connectivity index is 0.00000300. The molecule has 2 aromatic carbocycles. The quantitative estimate of drug-likeness (QED) is 0.638. The fraction of sp³-hybridized carbons (Fsp3) is 0.400. The van der Waals surface area contributed by atoms with Crippen LogP contribution in [0.1, 0.15) is 31.2 Å². The summed E-state index contributed by atoms with van der Waals surface area (Å²) in [4.78, 5) is 2.30. The molecule has 29 heavy (non-hydrogen) atoms. The van der Waals surface area contributed by atoms with Gasteiger partial charge in [0.1, 0.15) is 5.75 Å². The largest absolute Gasteiger partial charge is 0.435 e. The van der Waals surface area contributed by atoms with E-state index < -0.39 is 16.6 Å². The van der Waals surface area contributed by atoms with Crippen molar-refractivity contribution < 1.29 is 21.9 Å². The standard InChI is InChI=1S/C20H24F2N2O3S.ClH/c1-2-11-24-12-10-16(14-24)15-6-8-17(9-7-15)23-28(25,26)19-5-3-4-18(13-19)27-20(21)22;/h3-9,13,16,20,23H,2,10-12,14H2,1H3;1H. The van der Waals surface area contributed by atoms with Gasteiger partial charge in [-0.05, 0) is 61.7 Å². The number of likely N-dealkylation sites (tertiary alicyclic amines) is 1. The van der Waals surface area contributed by atoms with Crippen LogP contribution in [-0.4, -0.2) is 39.6 Å². The Morgan fingerprint density at radius 1 is 1.21 bits per heavy atom. The first-order chi connectivity index (χ1) is 13.4. The highest BCUT2D eigenvalue weighted by atomic mass is 35.5. The molecule has 1 atom stereocenters. The third-order valence-corrected chi connectivity index (χ3v) is 6.17. The van der Waals surface area contributed by atoms with Crippen LogP contribution in [0, 0.1) is 0 Å². The molecule has 0 saturated carbocycles. The van der Waals surface area contributed by atoms with Gasteiger partial charge in [0.25, 0.3) is 10.0 Å². The SMILES string of the molecule is CCCN1CCC(c2ccc(NS(=O)(=O)c3cccc(OC(F)F)c3)cc2)C1.Cl. The van der Waals surface area contributed by atoms with Crippen molar-refractivity contribution in [2.24, 2.45) is 0 Å². The third kappa shape index (κ3) is 6.29. The maximum absolute atomic E-state index is 12.5. The highest BCUT2D eigenvalue weighted by Gasteiger charge is 2.23. The van der Waals surface area contributed by atoms with Crippen molar-refractivity contribution in [3.63, 3.8) is 0 Å². The van der Waals surface area contributed by atoms with Crippen molar-refractivity contribution in [1.82, 2.24) is 4.90 Å². The van der Waals surface area contributed by atoms with Gasteiger partial charge in [0.2, 0.25) is 0 Å². The summed E-state index contributed by atoms with van der Waals surface area (Å²) in [6.45, 7) is 2.37. The van der Waals surface area contributed by atoms with Crippen LogP contribution in [-0.2, 0) is 10.0 Å². The number of anilines is 1. The molecule has 1 fully saturated rings. The fourth-order valence-corrected chi connectivity index (χ4v) is 4.57. The molecule has 0 bridgehead atoms. The second kappa shape index (κ2) is 10.2. The molecule has 0 aliphatic carbocycles. The number of ether oxygens (including phenoxy) is 1. The lowest BCUT2D eigenvalue weighted by Gasteiger charge is -2.15. The molecule has 9 heteroatoms. The van der Waals surface area contributed by atoms with Gasteiger partial charge in [-0.1, -0.05) is 25.1 Å². The van der Waals surface area contributed by atoms with Crippen LogP contribution >= 0.6 is 12.4 Å². The van der Waals surface area contributed by atoms with E-state index in [0.717, 1.165) is 38.5 Å². The maximum Gasteiger partial charge on any atom is 0.387 e. The van der Waals surface area contributed by atoms with Gasteiger partial charge in [-0.3, -0.25) is 4.72 Å². The highest BCUT2D eigenvalue weighted by Crippen LogP contribution is 2.29. The lowest BCUT2D eigenvalue weighted by molar-refractivity contribution is -0.0499. The first-order valence-corrected chi connectivity index (χ1v) is 10.8. The monoisotopic (exact) mass is 446 g/mol. The van der Waals surface area contributed by atoms with Crippen molar-refractivity contribution in [3.05, 3.63) is 54.1 Å². The summed E-state index contributed by atoms with van der Waals surface area (Å²) in [5, 5.41) is 0. The Morgan fingerprint density at radius 3 is 2.59 bits per heavy atom. The van der Waals surface area contributed by atoms with Gasteiger partial charge in [0, 0.05) is 18.3 Å². The van der Waals surface area contributed by atoms with E-state index in [1.54, 1.807) is 12.1 Å². The predicted octanol–water partition coefficient (Wildman–Crippen LogP) is 4.71. The summed E-state index contributed by atoms with van der Waals surface area (Å²) >= 11 is 0. The van der Waals surface area contributed by atoms with Crippen LogP contribution in [0.5, 0.6) is 5.75 Å². The molecule has 1 N–H and O–H groups in total. The number of halogens is 3. The molecule has 5 nitrogen and oxygen atoms in total. The minimum atomic E-state index is -3.90. The topological polar surface area (TPSA) is 58.6 Å². The Hall–Kier alpha value is -1.90. The number of hydrogen-bond acceptors (Lipinski definition) is 4. The van der Waals surface area contributed by atoms with Crippen LogP contribution in [0.2, 0.25) is 0 Å². The molecule has 1 aliphatic rings. The molecule has 3 rings (SSSR count). The van der Waals surface area contributed by atoms with Crippen LogP contribution < -0.4 is 9.46 Å². The number of benzene rings is 2. The molecule has 0 amide bonds. The van der Waals surface area contributed by atoms with Crippen molar-refractivity contribution in [2.75, 3.05) is 24.4 Å². The summed E-state index contributed by atoms with van der Waals surface area (Å²) in [5.74, 6) is 0.256. The summed E-state index contributed by atoms with van der Waals surface area (Å²) in [5.41, 5.74) is 1.61. The van der Waals surface area contributed by atoms with Gasteiger partial charge < -0.3 is 9.64 Å². The Morgan fingerprint density at radius 2 is 1.93 bits per heavy atom. The second-order valence-corrected chi connectivity index (χ2v) is 8.55. The molecule has 1 heterocycles. The zero-order valence-corrected chi connectivity index (χ0v) is 17.7. The van der Waals surface area contributed by atoms with Crippen LogP contribution in [0.25, 0.3) is 0 Å². The number of nitrogens with one attached hydrogen (secondary N) is 1. The minimum Gasteiger partial charge on any atom is -0.435 e. The van der Waals surface area contributed by atoms with Crippen molar-refractivity contribution in [3.8, 4) is 5.75 Å². The van der Waals surface area contributed by atoms with Crippen LogP contribution in [0.4, 0.5) is 14.5 Å². The number of nitrogens with zero attached hydrogens (tertiary/aromatic N) is 1.